The standard InChI is InChI=1S/C29H21NO2/c1-29(2)25-14-8-7-11-21(25)24-17-18(15-16-26(24)29)27-22-12-5-3-9-19(22)20-10-4-6-13-23(20)28(27)30(31)32/h3-17H,1-2H3. The van der Waals surface area contributed by atoms with E-state index in [1.807, 2.05) is 42.5 Å². The van der Waals surface area contributed by atoms with Gasteiger partial charge in [-0.25, -0.2) is 0 Å². The molecule has 0 spiro atoms. The highest BCUT2D eigenvalue weighted by Gasteiger charge is 2.35. The second-order valence-corrected chi connectivity index (χ2v) is 9.00. The fourth-order valence-electron chi connectivity index (χ4n) is 5.48. The lowest BCUT2D eigenvalue weighted by molar-refractivity contribution is -0.382. The Morgan fingerprint density at radius 2 is 1.22 bits per heavy atom. The SMILES string of the molecule is CC1(C)c2ccccc2-c2cc(-c3c([N+](=O)[O-])c4ccccc4c4ccccc34)ccc21. The van der Waals surface area contributed by atoms with Crippen molar-refractivity contribution in [3.8, 4) is 22.3 Å². The fraction of sp³-hybridized carbons (Fsp3) is 0.103. The van der Waals surface area contributed by atoms with Crippen LogP contribution in [0.3, 0.4) is 0 Å². The molecule has 1 aliphatic carbocycles. The summed E-state index contributed by atoms with van der Waals surface area (Å²) in [6.45, 7) is 4.48. The van der Waals surface area contributed by atoms with Gasteiger partial charge in [0.1, 0.15) is 0 Å². The molecule has 32 heavy (non-hydrogen) atoms. The van der Waals surface area contributed by atoms with Crippen LogP contribution in [0.4, 0.5) is 5.69 Å². The second kappa shape index (κ2) is 6.51. The van der Waals surface area contributed by atoms with Crippen molar-refractivity contribution in [1.29, 1.82) is 0 Å². The van der Waals surface area contributed by atoms with Gasteiger partial charge < -0.3 is 0 Å². The van der Waals surface area contributed by atoms with Crippen LogP contribution in [0.25, 0.3) is 43.8 Å². The molecule has 0 aromatic heterocycles. The number of nitro groups is 1. The molecule has 0 N–H and O–H groups in total. The van der Waals surface area contributed by atoms with Crippen LogP contribution in [-0.4, -0.2) is 4.92 Å². The zero-order valence-corrected chi connectivity index (χ0v) is 17.9. The average Bonchev–Trinajstić information content (AvgIpc) is 3.04. The quantitative estimate of drug-likeness (QED) is 0.167. The van der Waals surface area contributed by atoms with E-state index >= 15 is 0 Å². The minimum Gasteiger partial charge on any atom is -0.258 e. The van der Waals surface area contributed by atoms with E-state index in [0.29, 0.717) is 10.9 Å². The van der Waals surface area contributed by atoms with Crippen molar-refractivity contribution in [2.45, 2.75) is 19.3 Å². The van der Waals surface area contributed by atoms with Crippen molar-refractivity contribution in [2.24, 2.45) is 0 Å². The van der Waals surface area contributed by atoms with Gasteiger partial charge in [-0.05, 0) is 56.1 Å². The van der Waals surface area contributed by atoms with Crippen LogP contribution in [0.2, 0.25) is 0 Å². The lowest BCUT2D eigenvalue weighted by Crippen LogP contribution is -2.14. The Bertz CT molecular complexity index is 1580. The third-order valence-corrected chi connectivity index (χ3v) is 6.96. The molecule has 3 heteroatoms. The number of benzene rings is 5. The van der Waals surface area contributed by atoms with Crippen LogP contribution in [0.15, 0.2) is 91.0 Å². The molecule has 5 aromatic carbocycles. The lowest BCUT2D eigenvalue weighted by Gasteiger charge is -2.21. The maximum atomic E-state index is 12.4. The molecule has 0 saturated heterocycles. The van der Waals surface area contributed by atoms with E-state index in [1.165, 1.54) is 16.7 Å². The molecule has 0 saturated carbocycles. The smallest absolute Gasteiger partial charge is 0.258 e. The first-order valence-electron chi connectivity index (χ1n) is 10.8. The van der Waals surface area contributed by atoms with E-state index in [4.69, 9.17) is 0 Å². The Morgan fingerprint density at radius 1 is 0.656 bits per heavy atom. The largest absolute Gasteiger partial charge is 0.285 e. The van der Waals surface area contributed by atoms with Gasteiger partial charge in [-0.3, -0.25) is 10.1 Å². The number of fused-ring (bicyclic) bond motifs is 6. The topological polar surface area (TPSA) is 43.1 Å². The van der Waals surface area contributed by atoms with Crippen LogP contribution in [0.5, 0.6) is 0 Å². The highest BCUT2D eigenvalue weighted by Crippen LogP contribution is 2.51. The van der Waals surface area contributed by atoms with E-state index in [2.05, 4.69) is 62.4 Å². The molecule has 154 valence electrons. The molecule has 0 amide bonds. The van der Waals surface area contributed by atoms with Crippen molar-refractivity contribution in [3.63, 3.8) is 0 Å². The van der Waals surface area contributed by atoms with E-state index in [9.17, 15) is 10.1 Å². The maximum absolute atomic E-state index is 12.4. The maximum Gasteiger partial charge on any atom is 0.285 e. The summed E-state index contributed by atoms with van der Waals surface area (Å²) in [4.78, 5) is 12.2. The summed E-state index contributed by atoms with van der Waals surface area (Å²) in [6, 6.07) is 30.4. The van der Waals surface area contributed by atoms with Crippen molar-refractivity contribution in [3.05, 3.63) is 112 Å². The first-order chi connectivity index (χ1) is 15.5. The summed E-state index contributed by atoms with van der Waals surface area (Å²) in [5, 5.41) is 15.9. The van der Waals surface area contributed by atoms with Gasteiger partial charge in [0.25, 0.3) is 5.69 Å². The molecule has 3 nitrogen and oxygen atoms in total. The lowest BCUT2D eigenvalue weighted by atomic mass is 9.82. The van der Waals surface area contributed by atoms with Crippen LogP contribution in [0.1, 0.15) is 25.0 Å². The minimum atomic E-state index is -0.227. The molecule has 0 radical (unpaired) electrons. The predicted molar refractivity (Wildman–Crippen MR) is 131 cm³/mol. The Morgan fingerprint density at radius 3 is 1.94 bits per heavy atom. The van der Waals surface area contributed by atoms with E-state index in [1.54, 1.807) is 0 Å². The normalized spacial score (nSPS) is 13.8. The molecule has 0 aliphatic heterocycles. The number of rotatable bonds is 2. The van der Waals surface area contributed by atoms with Crippen LogP contribution < -0.4 is 0 Å². The third kappa shape index (κ3) is 2.42. The number of nitrogens with zero attached hydrogens (tertiary/aromatic N) is 1. The molecule has 0 fully saturated rings. The minimum absolute atomic E-state index is 0.0954. The van der Waals surface area contributed by atoms with Crippen molar-refractivity contribution in [2.75, 3.05) is 0 Å². The molecule has 6 rings (SSSR count). The Hall–Kier alpha value is -3.98. The second-order valence-electron chi connectivity index (χ2n) is 9.00. The molecule has 5 aromatic rings. The van der Waals surface area contributed by atoms with Crippen molar-refractivity contribution >= 4 is 27.2 Å². The first-order valence-corrected chi connectivity index (χ1v) is 10.8. The first kappa shape index (κ1) is 18.8. The molecule has 0 unspecified atom stereocenters. The van der Waals surface area contributed by atoms with Crippen LogP contribution >= 0.6 is 0 Å². The molecular weight excluding hydrogens is 394 g/mol. The summed E-state index contributed by atoms with van der Waals surface area (Å²) < 4.78 is 0. The Kier molecular flexibility index (Phi) is 3.82. The molecule has 0 atom stereocenters. The molecule has 0 heterocycles. The van der Waals surface area contributed by atoms with Gasteiger partial charge in [0, 0.05) is 5.41 Å². The zero-order chi connectivity index (χ0) is 22.0. The van der Waals surface area contributed by atoms with Crippen LogP contribution in [-0.2, 0) is 5.41 Å². The highest BCUT2D eigenvalue weighted by atomic mass is 16.6. The summed E-state index contributed by atoms with van der Waals surface area (Å²) in [6.07, 6.45) is 0. The summed E-state index contributed by atoms with van der Waals surface area (Å²) in [5.41, 5.74) is 6.57. The van der Waals surface area contributed by atoms with Gasteiger partial charge in [-0.2, -0.15) is 0 Å². The summed E-state index contributed by atoms with van der Waals surface area (Å²) in [5.74, 6) is 0. The fourth-order valence-corrected chi connectivity index (χ4v) is 5.48. The predicted octanol–water partition coefficient (Wildman–Crippen LogP) is 7.87. The Labute approximate surface area is 186 Å². The number of hydrogen-bond donors (Lipinski definition) is 0. The highest BCUT2D eigenvalue weighted by molar-refractivity contribution is 6.19. The van der Waals surface area contributed by atoms with Gasteiger partial charge in [0.05, 0.1) is 15.9 Å². The van der Waals surface area contributed by atoms with Gasteiger partial charge in [0.15, 0.2) is 0 Å². The van der Waals surface area contributed by atoms with E-state index in [0.717, 1.165) is 27.3 Å². The Balaban J connectivity index is 1.75. The third-order valence-electron chi connectivity index (χ3n) is 6.96. The number of nitro benzene ring substituents is 1. The van der Waals surface area contributed by atoms with Gasteiger partial charge in [-0.1, -0.05) is 92.7 Å². The van der Waals surface area contributed by atoms with Gasteiger partial charge >= 0.3 is 0 Å². The monoisotopic (exact) mass is 415 g/mol. The molecule has 0 bridgehead atoms. The molecular formula is C29H21NO2. The number of hydrogen-bond acceptors (Lipinski definition) is 2. The van der Waals surface area contributed by atoms with E-state index in [-0.39, 0.29) is 16.0 Å². The van der Waals surface area contributed by atoms with Crippen LogP contribution in [0, 0.1) is 10.1 Å². The van der Waals surface area contributed by atoms with Crippen molar-refractivity contribution in [1.82, 2.24) is 0 Å². The van der Waals surface area contributed by atoms with E-state index < -0.39 is 0 Å². The van der Waals surface area contributed by atoms with Crippen molar-refractivity contribution < 1.29 is 4.92 Å². The summed E-state index contributed by atoms with van der Waals surface area (Å²) >= 11 is 0. The average molecular weight is 415 g/mol. The molecule has 1 aliphatic rings. The summed E-state index contributed by atoms with van der Waals surface area (Å²) in [7, 11) is 0. The van der Waals surface area contributed by atoms with Gasteiger partial charge in [-0.15, -0.1) is 0 Å². The zero-order valence-electron chi connectivity index (χ0n) is 17.9. The van der Waals surface area contributed by atoms with Gasteiger partial charge in [0.2, 0.25) is 0 Å².